The zero-order valence-corrected chi connectivity index (χ0v) is 12.5. The molecular weight excluding hydrogens is 291 g/mol. The Balaban J connectivity index is 2.04. The van der Waals surface area contributed by atoms with Crippen LogP contribution in [0.4, 0.5) is 15.8 Å². The number of hydrogen-bond donors (Lipinski definition) is 2. The number of carbonyl (C=O) groups is 1. The summed E-state index contributed by atoms with van der Waals surface area (Å²) in [5.74, 6) is -0.770. The molecule has 1 aliphatic carbocycles. The number of anilines is 2. The van der Waals surface area contributed by atoms with Crippen LogP contribution in [0.25, 0.3) is 0 Å². The summed E-state index contributed by atoms with van der Waals surface area (Å²) in [4.78, 5) is 13.6. The Labute approximate surface area is 127 Å². The number of aliphatic hydroxyl groups excluding tert-OH is 1. The van der Waals surface area contributed by atoms with E-state index in [0.717, 1.165) is 0 Å². The number of rotatable bonds is 3. The average Bonchev–Trinajstić information content (AvgIpc) is 3.23. The van der Waals surface area contributed by atoms with Gasteiger partial charge in [-0.05, 0) is 32.8 Å². The third-order valence-electron chi connectivity index (χ3n) is 4.19. The van der Waals surface area contributed by atoms with Crippen LogP contribution in [0.5, 0.6) is 5.75 Å². The molecule has 7 heteroatoms. The van der Waals surface area contributed by atoms with E-state index >= 15 is 0 Å². The van der Waals surface area contributed by atoms with E-state index in [9.17, 15) is 14.3 Å². The fourth-order valence-corrected chi connectivity index (χ4v) is 2.78. The van der Waals surface area contributed by atoms with E-state index in [2.05, 4.69) is 0 Å². The molecule has 1 spiro atoms. The summed E-state index contributed by atoms with van der Waals surface area (Å²) in [5, 5.41) is 10.6. The molecule has 0 aromatic heterocycles. The minimum atomic E-state index is -1.01. The summed E-state index contributed by atoms with van der Waals surface area (Å²) < 4.78 is 24.5. The van der Waals surface area contributed by atoms with E-state index in [-0.39, 0.29) is 18.0 Å². The lowest BCUT2D eigenvalue weighted by Gasteiger charge is -2.43. The number of benzene rings is 1. The fourth-order valence-electron chi connectivity index (χ4n) is 2.78. The first-order chi connectivity index (χ1) is 10.4. The Morgan fingerprint density at radius 1 is 1.64 bits per heavy atom. The molecule has 3 rings (SSSR count). The Hall–Kier alpha value is -2.02. The number of nitrogens with two attached hydrogens (primary N) is 1. The van der Waals surface area contributed by atoms with Crippen LogP contribution in [-0.4, -0.2) is 35.6 Å². The van der Waals surface area contributed by atoms with Crippen molar-refractivity contribution in [1.82, 2.24) is 0 Å². The zero-order valence-electron chi connectivity index (χ0n) is 12.5. The van der Waals surface area contributed by atoms with E-state index in [0.29, 0.717) is 18.5 Å². The molecule has 0 saturated heterocycles. The van der Waals surface area contributed by atoms with Gasteiger partial charge in [0.05, 0.1) is 18.0 Å². The molecule has 1 heterocycles. The first-order valence-corrected chi connectivity index (χ1v) is 7.30. The molecule has 22 heavy (non-hydrogen) atoms. The third kappa shape index (κ3) is 2.16. The molecule has 6 nitrogen and oxygen atoms in total. The van der Waals surface area contributed by atoms with Gasteiger partial charge < -0.3 is 25.2 Å². The minimum Gasteiger partial charge on any atom is -0.480 e. The van der Waals surface area contributed by atoms with Gasteiger partial charge in [-0.2, -0.15) is 0 Å². The second-order valence-corrected chi connectivity index (χ2v) is 5.72. The Morgan fingerprint density at radius 2 is 2.32 bits per heavy atom. The second kappa shape index (κ2) is 5.01. The highest BCUT2D eigenvalue weighted by Crippen LogP contribution is 2.52. The summed E-state index contributed by atoms with van der Waals surface area (Å²) in [5.41, 5.74) is 5.16. The molecule has 1 aliphatic heterocycles. The molecule has 2 aliphatic rings. The molecule has 3 N–H and O–H groups in total. The van der Waals surface area contributed by atoms with E-state index in [4.69, 9.17) is 15.2 Å². The molecule has 0 radical (unpaired) electrons. The van der Waals surface area contributed by atoms with Crippen LogP contribution in [0.1, 0.15) is 26.7 Å². The van der Waals surface area contributed by atoms with Crippen LogP contribution < -0.4 is 15.4 Å². The number of nitrogen functional groups attached to an aromatic ring is 1. The number of fused-ring (bicyclic) bond motifs is 1. The standard InChI is InChI=1S/C15H19FN2O4/c1-3-21-13(19)8(2)18-11-7-10(17)9(16)6-12(11)22-15(4-5-15)14(18)20/h6-8,14,20H,3-5,17H2,1-2H3. The van der Waals surface area contributed by atoms with Gasteiger partial charge >= 0.3 is 5.97 Å². The van der Waals surface area contributed by atoms with Crippen molar-refractivity contribution in [3.05, 3.63) is 17.9 Å². The van der Waals surface area contributed by atoms with Crippen molar-refractivity contribution >= 4 is 17.3 Å². The maximum absolute atomic E-state index is 13.7. The van der Waals surface area contributed by atoms with Gasteiger partial charge in [0.25, 0.3) is 0 Å². The van der Waals surface area contributed by atoms with Gasteiger partial charge in [0, 0.05) is 6.07 Å². The minimum absolute atomic E-state index is 0.0673. The largest absolute Gasteiger partial charge is 0.480 e. The molecule has 1 saturated carbocycles. The normalized spacial score (nSPS) is 22.7. The molecule has 1 aromatic carbocycles. The highest BCUT2D eigenvalue weighted by molar-refractivity contribution is 5.82. The monoisotopic (exact) mass is 310 g/mol. The summed E-state index contributed by atoms with van der Waals surface area (Å²) >= 11 is 0. The highest BCUT2D eigenvalue weighted by Gasteiger charge is 2.58. The van der Waals surface area contributed by atoms with Crippen molar-refractivity contribution in [1.29, 1.82) is 0 Å². The number of aliphatic hydroxyl groups is 1. The van der Waals surface area contributed by atoms with Crippen molar-refractivity contribution in [2.45, 2.75) is 44.6 Å². The van der Waals surface area contributed by atoms with Gasteiger partial charge in [-0.3, -0.25) is 0 Å². The van der Waals surface area contributed by atoms with Gasteiger partial charge in [-0.1, -0.05) is 0 Å². The predicted octanol–water partition coefficient (Wildman–Crippen LogP) is 1.41. The zero-order chi connectivity index (χ0) is 16.1. The lowest BCUT2D eigenvalue weighted by Crippen LogP contribution is -2.57. The van der Waals surface area contributed by atoms with Crippen LogP contribution in [0.15, 0.2) is 12.1 Å². The SMILES string of the molecule is CCOC(=O)C(C)N1c2cc(N)c(F)cc2OC2(CC2)C1O. The molecule has 0 amide bonds. The maximum atomic E-state index is 13.7. The molecule has 1 aromatic rings. The van der Waals surface area contributed by atoms with Crippen LogP contribution in [0.3, 0.4) is 0 Å². The number of hydrogen-bond acceptors (Lipinski definition) is 6. The molecule has 120 valence electrons. The van der Waals surface area contributed by atoms with Crippen molar-refractivity contribution in [3.8, 4) is 5.75 Å². The van der Waals surface area contributed by atoms with Gasteiger partial charge in [-0.15, -0.1) is 0 Å². The molecule has 2 unspecified atom stereocenters. The highest BCUT2D eigenvalue weighted by atomic mass is 19.1. The first-order valence-electron chi connectivity index (χ1n) is 7.30. The maximum Gasteiger partial charge on any atom is 0.328 e. The van der Waals surface area contributed by atoms with Crippen LogP contribution in [0.2, 0.25) is 0 Å². The molecule has 0 bridgehead atoms. The van der Waals surface area contributed by atoms with Gasteiger partial charge in [0.2, 0.25) is 0 Å². The average molecular weight is 310 g/mol. The van der Waals surface area contributed by atoms with Crippen molar-refractivity contribution < 1.29 is 23.8 Å². The van der Waals surface area contributed by atoms with Crippen molar-refractivity contribution in [2.24, 2.45) is 0 Å². The number of carbonyl (C=O) groups excluding carboxylic acids is 1. The Bertz CT molecular complexity index is 618. The molecular formula is C15H19FN2O4. The topological polar surface area (TPSA) is 85.0 Å². The lowest BCUT2D eigenvalue weighted by atomic mass is 10.1. The van der Waals surface area contributed by atoms with Gasteiger partial charge in [0.15, 0.2) is 11.8 Å². The predicted molar refractivity (Wildman–Crippen MR) is 78.0 cm³/mol. The van der Waals surface area contributed by atoms with E-state index in [1.807, 2.05) is 0 Å². The van der Waals surface area contributed by atoms with Gasteiger partial charge in [0.1, 0.15) is 17.6 Å². The van der Waals surface area contributed by atoms with Gasteiger partial charge in [-0.25, -0.2) is 9.18 Å². The van der Waals surface area contributed by atoms with Crippen LogP contribution in [-0.2, 0) is 9.53 Å². The fraction of sp³-hybridized carbons (Fsp3) is 0.533. The number of nitrogens with zero attached hydrogens (tertiary/aromatic N) is 1. The Morgan fingerprint density at radius 3 is 2.91 bits per heavy atom. The summed E-state index contributed by atoms with van der Waals surface area (Å²) in [6.45, 7) is 3.59. The second-order valence-electron chi connectivity index (χ2n) is 5.72. The number of halogens is 1. The Kier molecular flexibility index (Phi) is 3.40. The van der Waals surface area contributed by atoms with E-state index < -0.39 is 29.7 Å². The van der Waals surface area contributed by atoms with Crippen molar-refractivity contribution in [2.75, 3.05) is 17.2 Å². The van der Waals surface area contributed by atoms with Crippen molar-refractivity contribution in [3.63, 3.8) is 0 Å². The van der Waals surface area contributed by atoms with Crippen LogP contribution in [0, 0.1) is 5.82 Å². The molecule has 2 atom stereocenters. The van der Waals surface area contributed by atoms with E-state index in [1.165, 1.54) is 17.0 Å². The summed E-state index contributed by atoms with van der Waals surface area (Å²) in [7, 11) is 0. The first kappa shape index (κ1) is 14.9. The van der Waals surface area contributed by atoms with Crippen LogP contribution >= 0.6 is 0 Å². The number of esters is 1. The lowest BCUT2D eigenvalue weighted by molar-refractivity contribution is -0.145. The quantitative estimate of drug-likeness (QED) is 0.648. The molecule has 1 fully saturated rings. The summed E-state index contributed by atoms with van der Waals surface area (Å²) in [6, 6.07) is 1.83. The smallest absolute Gasteiger partial charge is 0.328 e. The number of ether oxygens (including phenoxy) is 2. The van der Waals surface area contributed by atoms with E-state index in [1.54, 1.807) is 13.8 Å². The third-order valence-corrected chi connectivity index (χ3v) is 4.19. The summed E-state index contributed by atoms with van der Waals surface area (Å²) in [6.07, 6.45) is 0.279.